The number of benzene rings is 1. The molecular formula is C15H21NO2. The average molecular weight is 247 g/mol. The zero-order chi connectivity index (χ0) is 13.1. The van der Waals surface area contributed by atoms with E-state index in [-0.39, 0.29) is 12.0 Å². The number of carbonyl (C=O) groups is 1. The Labute approximate surface area is 109 Å². The molecule has 1 amide bonds. The average Bonchev–Trinajstić information content (AvgIpc) is 2.84. The molecule has 18 heavy (non-hydrogen) atoms. The Hall–Kier alpha value is -1.35. The van der Waals surface area contributed by atoms with Crippen LogP contribution in [0.3, 0.4) is 0 Å². The van der Waals surface area contributed by atoms with Crippen LogP contribution in [0, 0.1) is 20.8 Å². The molecule has 1 N–H and O–H groups in total. The monoisotopic (exact) mass is 247 g/mol. The molecule has 1 aliphatic rings. The minimum atomic E-state index is 0.00565. The topological polar surface area (TPSA) is 38.3 Å². The minimum absolute atomic E-state index is 0.00565. The predicted molar refractivity (Wildman–Crippen MR) is 72.0 cm³/mol. The second-order valence-electron chi connectivity index (χ2n) is 5.10. The third kappa shape index (κ3) is 2.91. The van der Waals surface area contributed by atoms with E-state index in [4.69, 9.17) is 4.74 Å². The van der Waals surface area contributed by atoms with Crippen LogP contribution in [0.25, 0.3) is 0 Å². The molecule has 1 saturated heterocycles. The summed E-state index contributed by atoms with van der Waals surface area (Å²) in [7, 11) is 0. The van der Waals surface area contributed by atoms with Crippen LogP contribution in [0.4, 0.5) is 0 Å². The number of amides is 1. The van der Waals surface area contributed by atoms with E-state index in [1.54, 1.807) is 0 Å². The van der Waals surface area contributed by atoms with E-state index in [1.165, 1.54) is 5.56 Å². The number of aryl methyl sites for hydroxylation is 3. The zero-order valence-corrected chi connectivity index (χ0v) is 11.4. The van der Waals surface area contributed by atoms with Gasteiger partial charge in [-0.15, -0.1) is 0 Å². The first-order valence-electron chi connectivity index (χ1n) is 6.55. The van der Waals surface area contributed by atoms with E-state index >= 15 is 0 Å². The highest BCUT2D eigenvalue weighted by molar-refractivity contribution is 5.95. The van der Waals surface area contributed by atoms with Gasteiger partial charge in [-0.05, 0) is 56.4 Å². The van der Waals surface area contributed by atoms with Crippen LogP contribution in [-0.2, 0) is 4.74 Å². The van der Waals surface area contributed by atoms with Crippen molar-refractivity contribution in [3.63, 3.8) is 0 Å². The third-order valence-electron chi connectivity index (χ3n) is 3.60. The highest BCUT2D eigenvalue weighted by Gasteiger charge is 2.17. The van der Waals surface area contributed by atoms with Gasteiger partial charge in [0, 0.05) is 18.7 Å². The summed E-state index contributed by atoms with van der Waals surface area (Å²) >= 11 is 0. The number of carbonyl (C=O) groups excluding carboxylic acids is 1. The van der Waals surface area contributed by atoms with Crippen LogP contribution in [0.5, 0.6) is 0 Å². The Balaban J connectivity index is 2.01. The van der Waals surface area contributed by atoms with Crippen LogP contribution < -0.4 is 5.32 Å². The van der Waals surface area contributed by atoms with Crippen LogP contribution in [0.2, 0.25) is 0 Å². The third-order valence-corrected chi connectivity index (χ3v) is 3.60. The summed E-state index contributed by atoms with van der Waals surface area (Å²) in [6, 6.07) is 4.03. The van der Waals surface area contributed by atoms with Gasteiger partial charge in [0.1, 0.15) is 0 Å². The van der Waals surface area contributed by atoms with Gasteiger partial charge in [0.25, 0.3) is 5.91 Å². The van der Waals surface area contributed by atoms with Gasteiger partial charge in [-0.25, -0.2) is 0 Å². The SMILES string of the molecule is Cc1cc(C)c(C(=O)NCC2CCCO2)cc1C. The van der Waals surface area contributed by atoms with Gasteiger partial charge in [-0.2, -0.15) is 0 Å². The number of hydrogen-bond donors (Lipinski definition) is 1. The Bertz CT molecular complexity index is 448. The van der Waals surface area contributed by atoms with Gasteiger partial charge in [0.2, 0.25) is 0 Å². The molecule has 1 aromatic rings. The lowest BCUT2D eigenvalue weighted by Crippen LogP contribution is -2.32. The van der Waals surface area contributed by atoms with Gasteiger partial charge in [0.15, 0.2) is 0 Å². The maximum atomic E-state index is 12.1. The summed E-state index contributed by atoms with van der Waals surface area (Å²) in [6.45, 7) is 7.52. The second kappa shape index (κ2) is 5.53. The van der Waals surface area contributed by atoms with Crippen molar-refractivity contribution in [3.8, 4) is 0 Å². The molecule has 0 aliphatic carbocycles. The Kier molecular flexibility index (Phi) is 4.02. The second-order valence-corrected chi connectivity index (χ2v) is 5.10. The Morgan fingerprint density at radius 3 is 2.67 bits per heavy atom. The summed E-state index contributed by atoms with van der Waals surface area (Å²) in [6.07, 6.45) is 2.34. The lowest BCUT2D eigenvalue weighted by molar-refractivity contribution is 0.0857. The molecule has 3 heteroatoms. The normalized spacial score (nSPS) is 18.9. The molecule has 1 fully saturated rings. The fourth-order valence-corrected chi connectivity index (χ4v) is 2.31. The number of hydrogen-bond acceptors (Lipinski definition) is 2. The van der Waals surface area contributed by atoms with Crippen molar-refractivity contribution in [3.05, 3.63) is 34.4 Å². The van der Waals surface area contributed by atoms with Crippen molar-refractivity contribution in [2.45, 2.75) is 39.7 Å². The first kappa shape index (κ1) is 13.1. The van der Waals surface area contributed by atoms with Gasteiger partial charge in [-0.1, -0.05) is 6.07 Å². The lowest BCUT2D eigenvalue weighted by atomic mass is 10.0. The highest BCUT2D eigenvalue weighted by Crippen LogP contribution is 2.16. The summed E-state index contributed by atoms with van der Waals surface area (Å²) in [4.78, 5) is 12.1. The number of rotatable bonds is 3. The molecule has 1 aliphatic heterocycles. The van der Waals surface area contributed by atoms with Gasteiger partial charge >= 0.3 is 0 Å². The quantitative estimate of drug-likeness (QED) is 0.891. The highest BCUT2D eigenvalue weighted by atomic mass is 16.5. The van der Waals surface area contributed by atoms with E-state index in [0.717, 1.165) is 36.1 Å². The molecule has 1 unspecified atom stereocenters. The van der Waals surface area contributed by atoms with Gasteiger partial charge in [-0.3, -0.25) is 4.79 Å². The maximum absolute atomic E-state index is 12.1. The summed E-state index contributed by atoms with van der Waals surface area (Å²) in [5.74, 6) is 0.00565. The number of nitrogens with one attached hydrogen (secondary N) is 1. The summed E-state index contributed by atoms with van der Waals surface area (Å²) in [5, 5.41) is 2.96. The van der Waals surface area contributed by atoms with Gasteiger partial charge in [0.05, 0.1) is 6.10 Å². The molecule has 0 saturated carbocycles. The van der Waals surface area contributed by atoms with E-state index in [9.17, 15) is 4.79 Å². The molecule has 0 spiro atoms. The van der Waals surface area contributed by atoms with Crippen LogP contribution in [-0.4, -0.2) is 25.2 Å². The summed E-state index contributed by atoms with van der Waals surface area (Å²) < 4.78 is 5.50. The van der Waals surface area contributed by atoms with E-state index in [0.29, 0.717) is 6.54 Å². The van der Waals surface area contributed by atoms with Crippen molar-refractivity contribution in [1.29, 1.82) is 0 Å². The first-order valence-corrected chi connectivity index (χ1v) is 6.55. The van der Waals surface area contributed by atoms with E-state index in [2.05, 4.69) is 18.3 Å². The fourth-order valence-electron chi connectivity index (χ4n) is 2.31. The van der Waals surface area contributed by atoms with Crippen molar-refractivity contribution >= 4 is 5.91 Å². The molecule has 3 nitrogen and oxygen atoms in total. The van der Waals surface area contributed by atoms with Crippen LogP contribution in [0.1, 0.15) is 39.9 Å². The van der Waals surface area contributed by atoms with E-state index in [1.807, 2.05) is 19.9 Å². The molecule has 1 atom stereocenters. The summed E-state index contributed by atoms with van der Waals surface area (Å²) in [5.41, 5.74) is 4.19. The number of ether oxygens (including phenoxy) is 1. The molecule has 1 heterocycles. The van der Waals surface area contributed by atoms with Crippen molar-refractivity contribution in [1.82, 2.24) is 5.32 Å². The molecule has 1 aromatic carbocycles. The van der Waals surface area contributed by atoms with Crippen LogP contribution in [0.15, 0.2) is 12.1 Å². The maximum Gasteiger partial charge on any atom is 0.251 e. The zero-order valence-electron chi connectivity index (χ0n) is 11.4. The molecular weight excluding hydrogens is 226 g/mol. The lowest BCUT2D eigenvalue weighted by Gasteiger charge is -2.13. The molecule has 2 rings (SSSR count). The molecule has 0 aromatic heterocycles. The fraction of sp³-hybridized carbons (Fsp3) is 0.533. The molecule has 98 valence electrons. The smallest absolute Gasteiger partial charge is 0.251 e. The molecule has 0 radical (unpaired) electrons. The van der Waals surface area contributed by atoms with Crippen LogP contribution >= 0.6 is 0 Å². The first-order chi connectivity index (χ1) is 8.58. The van der Waals surface area contributed by atoms with Crippen molar-refractivity contribution in [2.75, 3.05) is 13.2 Å². The largest absolute Gasteiger partial charge is 0.376 e. The van der Waals surface area contributed by atoms with Gasteiger partial charge < -0.3 is 10.1 Å². The van der Waals surface area contributed by atoms with Crippen molar-refractivity contribution in [2.24, 2.45) is 0 Å². The Morgan fingerprint density at radius 1 is 1.28 bits per heavy atom. The predicted octanol–water partition coefficient (Wildman–Crippen LogP) is 2.52. The standard InChI is InChI=1S/C15H21NO2/c1-10-7-12(3)14(8-11(10)2)15(17)16-9-13-5-4-6-18-13/h7-8,13H,4-6,9H2,1-3H3,(H,16,17). The van der Waals surface area contributed by atoms with Crippen molar-refractivity contribution < 1.29 is 9.53 Å². The van der Waals surface area contributed by atoms with E-state index < -0.39 is 0 Å². The Morgan fingerprint density at radius 2 is 2.00 bits per heavy atom. The molecule has 0 bridgehead atoms. The minimum Gasteiger partial charge on any atom is -0.376 e.